The Morgan fingerprint density at radius 2 is 1.59 bits per heavy atom. The lowest BCUT2D eigenvalue weighted by Crippen LogP contribution is -2.54. The van der Waals surface area contributed by atoms with Crippen molar-refractivity contribution < 1.29 is 14.3 Å². The Hall–Kier alpha value is -2.37. The maximum Gasteiger partial charge on any atom is 0.331 e. The summed E-state index contributed by atoms with van der Waals surface area (Å²) in [7, 11) is 3.80. The van der Waals surface area contributed by atoms with Crippen LogP contribution in [0.3, 0.4) is 0 Å². The maximum absolute atomic E-state index is 13.2. The first-order valence-corrected chi connectivity index (χ1v) is 9.08. The molecule has 2 aromatic rings. The first-order chi connectivity index (χ1) is 12.7. The van der Waals surface area contributed by atoms with E-state index in [0.29, 0.717) is 22.8 Å². The Balaban J connectivity index is 2.37. The highest BCUT2D eigenvalue weighted by Crippen LogP contribution is 2.29. The molecule has 2 rings (SSSR count). The first kappa shape index (κ1) is 20.9. The lowest BCUT2D eigenvalue weighted by atomic mass is 9.99. The lowest BCUT2D eigenvalue weighted by molar-refractivity contribution is -0.149. The zero-order valence-corrected chi connectivity index (χ0v) is 16.9. The van der Waals surface area contributed by atoms with Crippen molar-refractivity contribution in [2.75, 3.05) is 32.1 Å². The SMILES string of the molecule is CN(C)CCOC(=O)C(C)(C)N(C(=O)c1ccccc1)c1ccc(Cl)cc1. The molecule has 0 unspecified atom stereocenters. The van der Waals surface area contributed by atoms with Gasteiger partial charge in [-0.3, -0.25) is 9.69 Å². The van der Waals surface area contributed by atoms with Crippen LogP contribution in [-0.2, 0) is 9.53 Å². The van der Waals surface area contributed by atoms with Crippen molar-refractivity contribution in [3.05, 3.63) is 65.2 Å². The van der Waals surface area contributed by atoms with E-state index in [4.69, 9.17) is 16.3 Å². The number of benzene rings is 2. The zero-order valence-electron chi connectivity index (χ0n) is 16.1. The number of amides is 1. The number of likely N-dealkylation sites (N-methyl/N-ethyl adjacent to an activating group) is 1. The standard InChI is InChI=1S/C21H25ClN2O3/c1-21(2,20(26)27-15-14-23(3)4)24(18-12-10-17(22)11-13-18)19(25)16-8-6-5-7-9-16/h5-13H,14-15H2,1-4H3. The number of nitrogens with zero attached hydrogens (tertiary/aromatic N) is 2. The summed E-state index contributed by atoms with van der Waals surface area (Å²) < 4.78 is 5.43. The maximum atomic E-state index is 13.2. The number of hydrogen-bond acceptors (Lipinski definition) is 4. The van der Waals surface area contributed by atoms with Crippen LogP contribution in [0.1, 0.15) is 24.2 Å². The number of esters is 1. The topological polar surface area (TPSA) is 49.9 Å². The lowest BCUT2D eigenvalue weighted by Gasteiger charge is -2.36. The van der Waals surface area contributed by atoms with Gasteiger partial charge < -0.3 is 9.64 Å². The average molecular weight is 389 g/mol. The Labute approximate surface area is 165 Å². The molecule has 0 aliphatic carbocycles. The molecule has 0 heterocycles. The number of hydrogen-bond donors (Lipinski definition) is 0. The summed E-state index contributed by atoms with van der Waals surface area (Å²) in [4.78, 5) is 29.4. The van der Waals surface area contributed by atoms with Crippen LogP contribution < -0.4 is 4.90 Å². The highest BCUT2D eigenvalue weighted by Gasteiger charge is 2.40. The van der Waals surface area contributed by atoms with Crippen molar-refractivity contribution in [2.24, 2.45) is 0 Å². The molecule has 2 aromatic carbocycles. The predicted octanol–water partition coefficient (Wildman–Crippen LogP) is 3.87. The van der Waals surface area contributed by atoms with Crippen LogP contribution in [0.15, 0.2) is 54.6 Å². The van der Waals surface area contributed by atoms with Crippen molar-refractivity contribution in [3.63, 3.8) is 0 Å². The van der Waals surface area contributed by atoms with E-state index in [0.717, 1.165) is 0 Å². The molecule has 0 aliphatic heterocycles. The van der Waals surface area contributed by atoms with E-state index >= 15 is 0 Å². The van der Waals surface area contributed by atoms with Crippen molar-refractivity contribution >= 4 is 29.2 Å². The molecule has 27 heavy (non-hydrogen) atoms. The van der Waals surface area contributed by atoms with Crippen molar-refractivity contribution in [1.29, 1.82) is 0 Å². The van der Waals surface area contributed by atoms with E-state index in [1.165, 1.54) is 4.90 Å². The third-order valence-electron chi connectivity index (χ3n) is 4.14. The average Bonchev–Trinajstić information content (AvgIpc) is 2.63. The molecule has 1 amide bonds. The first-order valence-electron chi connectivity index (χ1n) is 8.70. The van der Waals surface area contributed by atoms with Gasteiger partial charge in [0.05, 0.1) is 0 Å². The van der Waals surface area contributed by atoms with Gasteiger partial charge in [-0.05, 0) is 64.3 Å². The number of halogens is 1. The van der Waals surface area contributed by atoms with Gasteiger partial charge in [-0.15, -0.1) is 0 Å². The molecular weight excluding hydrogens is 364 g/mol. The van der Waals surface area contributed by atoms with Gasteiger partial charge in [0.25, 0.3) is 5.91 Å². The van der Waals surface area contributed by atoms with E-state index in [-0.39, 0.29) is 12.5 Å². The number of carbonyl (C=O) groups is 2. The molecule has 5 nitrogen and oxygen atoms in total. The van der Waals surface area contributed by atoms with Crippen LogP contribution in [-0.4, -0.2) is 49.6 Å². The molecule has 0 radical (unpaired) electrons. The molecule has 0 saturated heterocycles. The van der Waals surface area contributed by atoms with Gasteiger partial charge in [0.1, 0.15) is 12.1 Å². The smallest absolute Gasteiger partial charge is 0.331 e. The highest BCUT2D eigenvalue weighted by atomic mass is 35.5. The second-order valence-electron chi connectivity index (χ2n) is 6.98. The fourth-order valence-electron chi connectivity index (χ4n) is 2.58. The molecule has 6 heteroatoms. The van der Waals surface area contributed by atoms with E-state index in [9.17, 15) is 9.59 Å². The predicted molar refractivity (Wildman–Crippen MR) is 108 cm³/mol. The largest absolute Gasteiger partial charge is 0.463 e. The van der Waals surface area contributed by atoms with Crippen LogP contribution >= 0.6 is 11.6 Å². The van der Waals surface area contributed by atoms with Crippen molar-refractivity contribution in [3.8, 4) is 0 Å². The fraction of sp³-hybridized carbons (Fsp3) is 0.333. The molecule has 0 aromatic heterocycles. The third kappa shape index (κ3) is 5.31. The second-order valence-corrected chi connectivity index (χ2v) is 7.42. The molecular formula is C21H25ClN2O3. The fourth-order valence-corrected chi connectivity index (χ4v) is 2.71. The van der Waals surface area contributed by atoms with Gasteiger partial charge in [-0.1, -0.05) is 29.8 Å². The molecule has 144 valence electrons. The van der Waals surface area contributed by atoms with E-state index in [1.54, 1.807) is 62.4 Å². The summed E-state index contributed by atoms with van der Waals surface area (Å²) in [6, 6.07) is 15.7. The normalized spacial score (nSPS) is 11.3. The van der Waals surface area contributed by atoms with Crippen molar-refractivity contribution in [2.45, 2.75) is 19.4 Å². The third-order valence-corrected chi connectivity index (χ3v) is 4.39. The zero-order chi connectivity index (χ0) is 20.0. The van der Waals surface area contributed by atoms with Gasteiger partial charge >= 0.3 is 5.97 Å². The molecule has 0 N–H and O–H groups in total. The minimum Gasteiger partial charge on any atom is -0.463 e. The van der Waals surface area contributed by atoms with Gasteiger partial charge in [0.15, 0.2) is 0 Å². The summed E-state index contributed by atoms with van der Waals surface area (Å²) in [5.74, 6) is -0.754. The van der Waals surface area contributed by atoms with Crippen LogP contribution in [0.4, 0.5) is 5.69 Å². The summed E-state index contributed by atoms with van der Waals surface area (Å²) in [5, 5.41) is 0.553. The Bertz CT molecular complexity index is 774. The highest BCUT2D eigenvalue weighted by molar-refractivity contribution is 6.30. The summed E-state index contributed by atoms with van der Waals surface area (Å²) in [5.41, 5.74) is -0.142. The van der Waals surface area contributed by atoms with Crippen LogP contribution in [0.5, 0.6) is 0 Å². The summed E-state index contributed by atoms with van der Waals surface area (Å²) in [6.45, 7) is 4.22. The number of ether oxygens (including phenoxy) is 1. The minimum absolute atomic E-state index is 0.253. The molecule has 0 spiro atoms. The number of carbonyl (C=O) groups excluding carboxylic acids is 2. The van der Waals surface area contributed by atoms with E-state index in [2.05, 4.69) is 0 Å². The van der Waals surface area contributed by atoms with Crippen LogP contribution in [0.2, 0.25) is 5.02 Å². The van der Waals surface area contributed by atoms with E-state index < -0.39 is 11.5 Å². The quantitative estimate of drug-likeness (QED) is 0.675. The number of anilines is 1. The van der Waals surface area contributed by atoms with Crippen LogP contribution in [0, 0.1) is 0 Å². The molecule has 0 fully saturated rings. The molecule has 0 atom stereocenters. The molecule has 0 aliphatic rings. The Morgan fingerprint density at radius 1 is 1.00 bits per heavy atom. The Morgan fingerprint density at radius 3 is 2.15 bits per heavy atom. The molecule has 0 bridgehead atoms. The van der Waals surface area contributed by atoms with Crippen LogP contribution in [0.25, 0.3) is 0 Å². The van der Waals surface area contributed by atoms with E-state index in [1.807, 2.05) is 25.1 Å². The Kier molecular flexibility index (Phi) is 6.99. The van der Waals surface area contributed by atoms with Gasteiger partial charge in [0, 0.05) is 22.8 Å². The monoisotopic (exact) mass is 388 g/mol. The summed E-state index contributed by atoms with van der Waals surface area (Å²) in [6.07, 6.45) is 0. The second kappa shape index (κ2) is 9.02. The van der Waals surface area contributed by atoms with Crippen molar-refractivity contribution in [1.82, 2.24) is 4.90 Å². The van der Waals surface area contributed by atoms with Gasteiger partial charge in [-0.2, -0.15) is 0 Å². The molecule has 0 saturated carbocycles. The number of rotatable bonds is 7. The summed E-state index contributed by atoms with van der Waals surface area (Å²) >= 11 is 5.99. The minimum atomic E-state index is -1.20. The van der Waals surface area contributed by atoms with Gasteiger partial charge in [0.2, 0.25) is 0 Å². The van der Waals surface area contributed by atoms with Gasteiger partial charge in [-0.25, -0.2) is 4.79 Å².